The Morgan fingerprint density at radius 1 is 1.53 bits per heavy atom. The van der Waals surface area contributed by atoms with E-state index in [2.05, 4.69) is 10.6 Å². The topological polar surface area (TPSA) is 105 Å². The lowest BCUT2D eigenvalue weighted by atomic mass is 10.2. The largest absolute Gasteiger partial charge is 0.395 e. The van der Waals surface area contributed by atoms with Crippen molar-refractivity contribution in [3.63, 3.8) is 0 Å². The van der Waals surface area contributed by atoms with Gasteiger partial charge in [0.05, 0.1) is 17.2 Å². The van der Waals surface area contributed by atoms with Crippen molar-refractivity contribution in [2.75, 3.05) is 18.5 Å². The monoisotopic (exact) mass is 239 g/mol. The van der Waals surface area contributed by atoms with E-state index in [-0.39, 0.29) is 18.8 Å². The molecule has 7 nitrogen and oxygen atoms in total. The molecule has 0 aliphatic heterocycles. The molecule has 1 rings (SSSR count). The van der Waals surface area contributed by atoms with Gasteiger partial charge in [-0.25, -0.2) is 4.79 Å². The first-order valence-electron chi connectivity index (χ1n) is 4.95. The number of urea groups is 1. The van der Waals surface area contributed by atoms with Gasteiger partial charge in [-0.3, -0.25) is 10.1 Å². The van der Waals surface area contributed by atoms with Crippen molar-refractivity contribution in [1.82, 2.24) is 5.32 Å². The summed E-state index contributed by atoms with van der Waals surface area (Å²) in [6.45, 7) is 1.69. The third-order valence-corrected chi connectivity index (χ3v) is 2.08. The molecule has 0 aliphatic carbocycles. The van der Waals surface area contributed by atoms with Gasteiger partial charge in [-0.15, -0.1) is 0 Å². The van der Waals surface area contributed by atoms with Crippen LogP contribution in [0, 0.1) is 17.0 Å². The highest BCUT2D eigenvalue weighted by Crippen LogP contribution is 2.21. The third-order valence-electron chi connectivity index (χ3n) is 2.08. The van der Waals surface area contributed by atoms with Crippen LogP contribution in [0.1, 0.15) is 5.56 Å². The molecule has 0 bridgehead atoms. The Bertz CT molecular complexity index is 434. The van der Waals surface area contributed by atoms with Gasteiger partial charge in [0.1, 0.15) is 0 Å². The quantitative estimate of drug-likeness (QED) is 0.538. The Kier molecular flexibility index (Phi) is 4.41. The zero-order chi connectivity index (χ0) is 12.8. The standard InChI is InChI=1S/C10H13N3O4/c1-7-2-3-8(13(16)17)6-9(7)12-10(15)11-4-5-14/h2-3,6,14H,4-5H2,1H3,(H2,11,12,15). The number of non-ortho nitro benzene ring substituents is 1. The van der Waals surface area contributed by atoms with Crippen LogP contribution in [0.3, 0.4) is 0 Å². The van der Waals surface area contributed by atoms with E-state index in [0.717, 1.165) is 5.56 Å². The minimum absolute atomic E-state index is 0.0898. The number of aliphatic hydroxyl groups is 1. The van der Waals surface area contributed by atoms with Crippen molar-refractivity contribution in [2.45, 2.75) is 6.92 Å². The van der Waals surface area contributed by atoms with Crippen LogP contribution in [0.15, 0.2) is 18.2 Å². The lowest BCUT2D eigenvalue weighted by Gasteiger charge is -2.08. The zero-order valence-electron chi connectivity index (χ0n) is 9.27. The summed E-state index contributed by atoms with van der Waals surface area (Å²) in [4.78, 5) is 21.3. The Morgan fingerprint density at radius 2 is 2.24 bits per heavy atom. The number of nitro groups is 1. The van der Waals surface area contributed by atoms with E-state index in [4.69, 9.17) is 5.11 Å². The molecule has 92 valence electrons. The smallest absolute Gasteiger partial charge is 0.319 e. The average Bonchev–Trinajstić information content (AvgIpc) is 2.29. The van der Waals surface area contributed by atoms with E-state index in [1.165, 1.54) is 12.1 Å². The van der Waals surface area contributed by atoms with Crippen LogP contribution in [-0.4, -0.2) is 29.2 Å². The number of amides is 2. The maximum atomic E-state index is 11.3. The van der Waals surface area contributed by atoms with Gasteiger partial charge >= 0.3 is 6.03 Å². The lowest BCUT2D eigenvalue weighted by Crippen LogP contribution is -2.31. The highest BCUT2D eigenvalue weighted by atomic mass is 16.6. The number of benzene rings is 1. The van der Waals surface area contributed by atoms with Crippen LogP contribution in [0.25, 0.3) is 0 Å². The van der Waals surface area contributed by atoms with E-state index in [1.807, 2.05) is 0 Å². The first-order valence-corrected chi connectivity index (χ1v) is 4.95. The number of carbonyl (C=O) groups excluding carboxylic acids is 1. The molecule has 0 heterocycles. The van der Waals surface area contributed by atoms with Gasteiger partial charge in [0, 0.05) is 18.7 Å². The number of aryl methyl sites for hydroxylation is 1. The minimum Gasteiger partial charge on any atom is -0.395 e. The maximum Gasteiger partial charge on any atom is 0.319 e. The molecule has 0 fully saturated rings. The van der Waals surface area contributed by atoms with Crippen molar-refractivity contribution in [2.24, 2.45) is 0 Å². The van der Waals surface area contributed by atoms with Crippen molar-refractivity contribution in [3.05, 3.63) is 33.9 Å². The van der Waals surface area contributed by atoms with Gasteiger partial charge in [-0.1, -0.05) is 6.07 Å². The van der Waals surface area contributed by atoms with Crippen molar-refractivity contribution < 1.29 is 14.8 Å². The molecule has 3 N–H and O–H groups in total. The van der Waals surface area contributed by atoms with Crippen LogP contribution in [-0.2, 0) is 0 Å². The molecule has 2 amide bonds. The molecule has 0 aromatic heterocycles. The molecular formula is C10H13N3O4. The first-order chi connectivity index (χ1) is 8.04. The highest BCUT2D eigenvalue weighted by Gasteiger charge is 2.10. The summed E-state index contributed by atoms with van der Waals surface area (Å²) < 4.78 is 0. The number of nitro benzene ring substituents is 1. The molecule has 7 heteroatoms. The van der Waals surface area contributed by atoms with Crippen molar-refractivity contribution in [1.29, 1.82) is 0 Å². The number of anilines is 1. The van der Waals surface area contributed by atoms with Crippen molar-refractivity contribution in [3.8, 4) is 0 Å². The predicted octanol–water partition coefficient (Wildman–Crippen LogP) is 1.02. The Labute approximate surface area is 97.6 Å². The molecule has 0 atom stereocenters. The van der Waals surface area contributed by atoms with E-state index in [9.17, 15) is 14.9 Å². The molecule has 0 radical (unpaired) electrons. The summed E-state index contributed by atoms with van der Waals surface area (Å²) in [7, 11) is 0. The number of hydrogen-bond acceptors (Lipinski definition) is 4. The molecule has 0 saturated heterocycles. The second-order valence-corrected chi connectivity index (χ2v) is 3.36. The lowest BCUT2D eigenvalue weighted by molar-refractivity contribution is -0.384. The van der Waals surface area contributed by atoms with Crippen LogP contribution < -0.4 is 10.6 Å². The number of aliphatic hydroxyl groups excluding tert-OH is 1. The van der Waals surface area contributed by atoms with Gasteiger partial charge in [0.15, 0.2) is 0 Å². The van der Waals surface area contributed by atoms with Crippen LogP contribution in [0.5, 0.6) is 0 Å². The summed E-state index contributed by atoms with van der Waals surface area (Å²) >= 11 is 0. The molecule has 0 spiro atoms. The number of carbonyl (C=O) groups is 1. The summed E-state index contributed by atoms with van der Waals surface area (Å²) in [5, 5.41) is 23.9. The average molecular weight is 239 g/mol. The summed E-state index contributed by atoms with van der Waals surface area (Å²) in [5.74, 6) is 0. The van der Waals surface area contributed by atoms with Crippen LogP contribution in [0.2, 0.25) is 0 Å². The normalized spacial score (nSPS) is 9.76. The first kappa shape index (κ1) is 12.9. The highest BCUT2D eigenvalue weighted by molar-refractivity contribution is 5.90. The zero-order valence-corrected chi connectivity index (χ0v) is 9.27. The van der Waals surface area contributed by atoms with Crippen LogP contribution in [0.4, 0.5) is 16.2 Å². The van der Waals surface area contributed by atoms with Gasteiger partial charge in [0.2, 0.25) is 0 Å². The van der Waals surface area contributed by atoms with Crippen molar-refractivity contribution >= 4 is 17.4 Å². The van der Waals surface area contributed by atoms with Crippen LogP contribution >= 0.6 is 0 Å². The molecular weight excluding hydrogens is 226 g/mol. The second kappa shape index (κ2) is 5.80. The van der Waals surface area contributed by atoms with Gasteiger partial charge in [-0.05, 0) is 12.5 Å². The number of rotatable bonds is 4. The van der Waals surface area contributed by atoms with Gasteiger partial charge in [-0.2, -0.15) is 0 Å². The number of nitrogens with one attached hydrogen (secondary N) is 2. The summed E-state index contributed by atoms with van der Waals surface area (Å²) in [5.41, 5.74) is 0.998. The fourth-order valence-electron chi connectivity index (χ4n) is 1.19. The number of hydrogen-bond donors (Lipinski definition) is 3. The van der Waals surface area contributed by atoms with Gasteiger partial charge in [0.25, 0.3) is 5.69 Å². The minimum atomic E-state index is -0.532. The van der Waals surface area contributed by atoms with E-state index < -0.39 is 11.0 Å². The summed E-state index contributed by atoms with van der Waals surface area (Å²) in [6, 6.07) is 3.70. The SMILES string of the molecule is Cc1ccc([N+](=O)[O-])cc1NC(=O)NCCO. The van der Waals surface area contributed by atoms with Gasteiger partial charge < -0.3 is 15.7 Å². The maximum absolute atomic E-state index is 11.3. The molecule has 1 aromatic carbocycles. The van der Waals surface area contributed by atoms with E-state index >= 15 is 0 Å². The summed E-state index contributed by atoms with van der Waals surface area (Å²) in [6.07, 6.45) is 0. The Hall–Kier alpha value is -2.15. The Balaban J connectivity index is 2.79. The molecule has 0 saturated carbocycles. The fraction of sp³-hybridized carbons (Fsp3) is 0.300. The molecule has 17 heavy (non-hydrogen) atoms. The molecule has 0 unspecified atom stereocenters. The molecule has 0 aliphatic rings. The van der Waals surface area contributed by atoms with E-state index in [0.29, 0.717) is 5.69 Å². The van der Waals surface area contributed by atoms with E-state index in [1.54, 1.807) is 13.0 Å². The number of nitrogens with zero attached hydrogens (tertiary/aromatic N) is 1. The molecule has 1 aromatic rings. The second-order valence-electron chi connectivity index (χ2n) is 3.36. The predicted molar refractivity (Wildman–Crippen MR) is 61.9 cm³/mol. The fourth-order valence-corrected chi connectivity index (χ4v) is 1.19. The Morgan fingerprint density at radius 3 is 2.82 bits per heavy atom. The third kappa shape index (κ3) is 3.72.